The molecule has 2 aromatic rings. The normalized spacial score (nSPS) is 10.3. The summed E-state index contributed by atoms with van der Waals surface area (Å²) in [7, 11) is 2.67. The number of hydrogen-bond donors (Lipinski definition) is 1. The SMILES string of the molecule is COC(=O)C(=O)Nc1cc(Oc2c(C=O)c(C)nn2C)c(Cl)cc1Cl. The first kappa shape index (κ1) is 18.8. The highest BCUT2D eigenvalue weighted by Gasteiger charge is 2.20. The van der Waals surface area contributed by atoms with Gasteiger partial charge in [-0.15, -0.1) is 0 Å². The van der Waals surface area contributed by atoms with E-state index < -0.39 is 11.9 Å². The lowest BCUT2D eigenvalue weighted by molar-refractivity contribution is -0.150. The van der Waals surface area contributed by atoms with Gasteiger partial charge in [-0.3, -0.25) is 9.59 Å². The molecule has 0 bridgehead atoms. The fraction of sp³-hybridized carbons (Fsp3) is 0.200. The fourth-order valence-electron chi connectivity index (χ4n) is 1.98. The third-order valence-corrected chi connectivity index (χ3v) is 3.79. The molecule has 10 heteroatoms. The first-order valence-electron chi connectivity index (χ1n) is 6.83. The molecule has 1 heterocycles. The van der Waals surface area contributed by atoms with Crippen molar-refractivity contribution in [1.82, 2.24) is 9.78 Å². The predicted molar refractivity (Wildman–Crippen MR) is 90.5 cm³/mol. The number of nitrogens with one attached hydrogen (secondary N) is 1. The molecule has 1 amide bonds. The Labute approximate surface area is 152 Å². The highest BCUT2D eigenvalue weighted by Crippen LogP contribution is 2.37. The zero-order chi connectivity index (χ0) is 18.7. The lowest BCUT2D eigenvalue weighted by Crippen LogP contribution is -2.24. The molecule has 0 atom stereocenters. The van der Waals surface area contributed by atoms with Gasteiger partial charge in [0.2, 0.25) is 5.88 Å². The van der Waals surface area contributed by atoms with Gasteiger partial charge in [0.1, 0.15) is 5.75 Å². The largest absolute Gasteiger partial charge is 0.462 e. The van der Waals surface area contributed by atoms with E-state index in [9.17, 15) is 14.4 Å². The van der Waals surface area contributed by atoms with E-state index in [1.165, 1.54) is 16.8 Å². The molecular weight excluding hydrogens is 373 g/mol. The van der Waals surface area contributed by atoms with Gasteiger partial charge < -0.3 is 14.8 Å². The molecule has 0 radical (unpaired) electrons. The molecule has 0 saturated heterocycles. The number of aldehydes is 1. The Morgan fingerprint density at radius 2 is 1.96 bits per heavy atom. The lowest BCUT2D eigenvalue weighted by Gasteiger charge is -2.12. The number of methoxy groups -OCH3 is 1. The standard InChI is InChI=1S/C15H13Cl2N3O5/c1-7-8(6-21)14(20(2)19-7)25-12-5-11(9(16)4-10(12)17)18-13(22)15(23)24-3/h4-6H,1-3H3,(H,18,22). The van der Waals surface area contributed by atoms with Crippen LogP contribution in [0.3, 0.4) is 0 Å². The second kappa shape index (κ2) is 7.54. The molecule has 25 heavy (non-hydrogen) atoms. The molecular formula is C15H13Cl2N3O5. The highest BCUT2D eigenvalue weighted by atomic mass is 35.5. The second-order valence-corrected chi connectivity index (χ2v) is 5.67. The van der Waals surface area contributed by atoms with Gasteiger partial charge in [0.25, 0.3) is 0 Å². The van der Waals surface area contributed by atoms with Gasteiger partial charge in [-0.1, -0.05) is 23.2 Å². The van der Waals surface area contributed by atoms with E-state index >= 15 is 0 Å². The molecule has 1 N–H and O–H groups in total. The van der Waals surface area contributed by atoms with E-state index in [4.69, 9.17) is 27.9 Å². The summed E-state index contributed by atoms with van der Waals surface area (Å²) < 4.78 is 11.4. The Bertz CT molecular complexity index is 863. The summed E-state index contributed by atoms with van der Waals surface area (Å²) in [6.45, 7) is 1.65. The van der Waals surface area contributed by atoms with E-state index in [-0.39, 0.29) is 32.9 Å². The van der Waals surface area contributed by atoms with Crippen molar-refractivity contribution in [3.63, 3.8) is 0 Å². The molecule has 1 aromatic heterocycles. The number of esters is 1. The predicted octanol–water partition coefficient (Wildman–Crippen LogP) is 2.75. The monoisotopic (exact) mass is 385 g/mol. The minimum absolute atomic E-state index is 0.0861. The van der Waals surface area contributed by atoms with Crippen LogP contribution in [0.4, 0.5) is 5.69 Å². The van der Waals surface area contributed by atoms with Gasteiger partial charge in [0, 0.05) is 13.1 Å². The lowest BCUT2D eigenvalue weighted by atomic mass is 10.2. The summed E-state index contributed by atoms with van der Waals surface area (Å²) >= 11 is 12.1. The van der Waals surface area contributed by atoms with Gasteiger partial charge in [-0.25, -0.2) is 9.48 Å². The molecule has 0 spiro atoms. The number of benzene rings is 1. The molecule has 1 aromatic carbocycles. The third kappa shape index (κ3) is 3.92. The summed E-state index contributed by atoms with van der Waals surface area (Å²) in [6.07, 6.45) is 0.613. The van der Waals surface area contributed by atoms with Crippen LogP contribution in [-0.2, 0) is 21.4 Å². The third-order valence-electron chi connectivity index (χ3n) is 3.18. The van der Waals surface area contributed by atoms with Crippen molar-refractivity contribution in [2.24, 2.45) is 7.05 Å². The number of rotatable bonds is 4. The van der Waals surface area contributed by atoms with Crippen LogP contribution in [0.5, 0.6) is 11.6 Å². The van der Waals surface area contributed by atoms with Crippen molar-refractivity contribution in [1.29, 1.82) is 0 Å². The van der Waals surface area contributed by atoms with E-state index in [1.54, 1.807) is 14.0 Å². The average molecular weight is 386 g/mol. The average Bonchev–Trinajstić information content (AvgIpc) is 2.83. The van der Waals surface area contributed by atoms with Gasteiger partial charge >= 0.3 is 11.9 Å². The summed E-state index contributed by atoms with van der Waals surface area (Å²) in [5.74, 6) is -1.82. The number of halogens is 2. The maximum atomic E-state index is 11.6. The molecule has 0 aliphatic heterocycles. The quantitative estimate of drug-likeness (QED) is 0.493. The van der Waals surface area contributed by atoms with Crippen LogP contribution in [0.2, 0.25) is 10.0 Å². The minimum Gasteiger partial charge on any atom is -0.462 e. The number of anilines is 1. The number of aryl methyl sites for hydroxylation is 2. The Balaban J connectivity index is 2.39. The van der Waals surface area contributed by atoms with Crippen LogP contribution in [0.15, 0.2) is 12.1 Å². The number of carbonyl (C=O) groups is 3. The highest BCUT2D eigenvalue weighted by molar-refractivity contribution is 6.41. The second-order valence-electron chi connectivity index (χ2n) is 4.86. The number of carbonyl (C=O) groups excluding carboxylic acids is 3. The zero-order valence-corrected chi connectivity index (χ0v) is 14.9. The number of amides is 1. The fourth-order valence-corrected chi connectivity index (χ4v) is 2.45. The topological polar surface area (TPSA) is 99.5 Å². The molecule has 0 unspecified atom stereocenters. The van der Waals surface area contributed by atoms with E-state index in [1.807, 2.05) is 0 Å². The van der Waals surface area contributed by atoms with Crippen LogP contribution in [-0.4, -0.2) is 35.1 Å². The van der Waals surface area contributed by atoms with Crippen molar-refractivity contribution in [3.8, 4) is 11.6 Å². The molecule has 0 fully saturated rings. The van der Waals surface area contributed by atoms with Crippen LogP contribution < -0.4 is 10.1 Å². The molecule has 132 valence electrons. The zero-order valence-electron chi connectivity index (χ0n) is 13.4. The van der Waals surface area contributed by atoms with Crippen molar-refractivity contribution in [2.45, 2.75) is 6.92 Å². The van der Waals surface area contributed by atoms with E-state index in [2.05, 4.69) is 15.2 Å². The summed E-state index contributed by atoms with van der Waals surface area (Å²) in [5, 5.41) is 6.60. The molecule has 0 saturated carbocycles. The van der Waals surface area contributed by atoms with Crippen LogP contribution in [0, 0.1) is 6.92 Å². The first-order valence-corrected chi connectivity index (χ1v) is 7.59. The summed E-state index contributed by atoms with van der Waals surface area (Å²) in [4.78, 5) is 34.1. The van der Waals surface area contributed by atoms with E-state index in [0.717, 1.165) is 7.11 Å². The van der Waals surface area contributed by atoms with Crippen molar-refractivity contribution < 1.29 is 23.9 Å². The maximum absolute atomic E-state index is 11.6. The Kier molecular flexibility index (Phi) is 5.66. The first-order chi connectivity index (χ1) is 11.8. The Hall–Kier alpha value is -2.58. The van der Waals surface area contributed by atoms with Gasteiger partial charge in [-0.2, -0.15) is 5.10 Å². The van der Waals surface area contributed by atoms with Crippen molar-refractivity contribution >= 4 is 47.1 Å². The summed E-state index contributed by atoms with van der Waals surface area (Å²) in [6, 6.07) is 2.65. The van der Waals surface area contributed by atoms with Crippen molar-refractivity contribution in [3.05, 3.63) is 33.4 Å². The number of aromatic nitrogens is 2. The smallest absolute Gasteiger partial charge is 0.396 e. The van der Waals surface area contributed by atoms with Crippen LogP contribution in [0.25, 0.3) is 0 Å². The Morgan fingerprint density at radius 3 is 2.56 bits per heavy atom. The van der Waals surface area contributed by atoms with Gasteiger partial charge in [0.15, 0.2) is 6.29 Å². The van der Waals surface area contributed by atoms with Crippen LogP contribution in [0.1, 0.15) is 16.1 Å². The van der Waals surface area contributed by atoms with Crippen molar-refractivity contribution in [2.75, 3.05) is 12.4 Å². The maximum Gasteiger partial charge on any atom is 0.396 e. The molecule has 0 aliphatic rings. The van der Waals surface area contributed by atoms with Gasteiger partial charge in [0.05, 0.1) is 34.1 Å². The van der Waals surface area contributed by atoms with Crippen LogP contribution >= 0.6 is 23.2 Å². The molecule has 2 rings (SSSR count). The number of ether oxygens (including phenoxy) is 2. The Morgan fingerprint density at radius 1 is 1.28 bits per heavy atom. The molecule has 0 aliphatic carbocycles. The minimum atomic E-state index is -1.08. The summed E-state index contributed by atoms with van der Waals surface area (Å²) in [5.41, 5.74) is 0.827. The molecule has 8 nitrogen and oxygen atoms in total. The number of nitrogens with zero attached hydrogens (tertiary/aromatic N) is 2. The van der Waals surface area contributed by atoms with Gasteiger partial charge in [-0.05, 0) is 13.0 Å². The number of hydrogen-bond acceptors (Lipinski definition) is 6. The van der Waals surface area contributed by atoms with E-state index in [0.29, 0.717) is 12.0 Å².